The van der Waals surface area contributed by atoms with E-state index < -0.39 is 11.4 Å². The zero-order chi connectivity index (χ0) is 19.9. The second-order valence-electron chi connectivity index (χ2n) is 6.96. The average Bonchev–Trinajstić information content (AvgIpc) is 3.28. The van der Waals surface area contributed by atoms with Gasteiger partial charge in [-0.1, -0.05) is 18.2 Å². The van der Waals surface area contributed by atoms with Gasteiger partial charge in [-0.15, -0.1) is 10.2 Å². The third-order valence-electron chi connectivity index (χ3n) is 4.30. The first kappa shape index (κ1) is 18.0. The van der Waals surface area contributed by atoms with Crippen molar-refractivity contribution in [3.05, 3.63) is 65.1 Å². The van der Waals surface area contributed by atoms with E-state index in [9.17, 15) is 13.9 Å². The highest BCUT2D eigenvalue weighted by molar-refractivity contribution is 5.92. The lowest BCUT2D eigenvalue weighted by molar-refractivity contribution is 0.0692. The number of benzene rings is 2. The van der Waals surface area contributed by atoms with Gasteiger partial charge in [0.15, 0.2) is 11.6 Å². The molecule has 0 spiro atoms. The van der Waals surface area contributed by atoms with Crippen molar-refractivity contribution < 1.29 is 13.9 Å². The summed E-state index contributed by atoms with van der Waals surface area (Å²) in [5, 5.41) is 25.4. The van der Waals surface area contributed by atoms with E-state index in [1.54, 1.807) is 44.2 Å². The number of nitrogens with one attached hydrogen (secondary N) is 2. The van der Waals surface area contributed by atoms with E-state index in [1.807, 2.05) is 0 Å². The second-order valence-corrected chi connectivity index (χ2v) is 6.96. The molecule has 0 saturated heterocycles. The van der Waals surface area contributed by atoms with E-state index in [0.717, 1.165) is 5.56 Å². The Morgan fingerprint density at radius 1 is 1.04 bits per heavy atom. The maximum atomic E-state index is 14.5. The fourth-order valence-corrected chi connectivity index (χ4v) is 2.78. The van der Waals surface area contributed by atoms with Gasteiger partial charge >= 0.3 is 0 Å². The number of H-pyrrole nitrogens is 2. The number of halogens is 2. The highest BCUT2D eigenvalue weighted by Crippen LogP contribution is 2.28. The van der Waals surface area contributed by atoms with Crippen LogP contribution in [0, 0.1) is 11.6 Å². The topological polar surface area (TPSA) is 90.5 Å². The lowest BCUT2D eigenvalue weighted by Gasteiger charge is -2.11. The predicted molar refractivity (Wildman–Crippen MR) is 102 cm³/mol. The van der Waals surface area contributed by atoms with E-state index >= 15 is 0 Å². The third-order valence-corrected chi connectivity index (χ3v) is 4.30. The van der Waals surface area contributed by atoms with Gasteiger partial charge in [-0.2, -0.15) is 5.10 Å². The smallest absolute Gasteiger partial charge is 0.162 e. The van der Waals surface area contributed by atoms with Crippen molar-refractivity contribution in [3.8, 4) is 11.4 Å². The van der Waals surface area contributed by atoms with E-state index in [0.29, 0.717) is 22.5 Å². The van der Waals surface area contributed by atoms with Crippen molar-refractivity contribution in [3.63, 3.8) is 0 Å². The maximum absolute atomic E-state index is 14.5. The first-order valence-electron chi connectivity index (χ1n) is 8.58. The van der Waals surface area contributed by atoms with Crippen molar-refractivity contribution >= 4 is 23.1 Å². The van der Waals surface area contributed by atoms with Crippen LogP contribution in [0.2, 0.25) is 0 Å². The Hall–Kier alpha value is -3.39. The summed E-state index contributed by atoms with van der Waals surface area (Å²) >= 11 is 0. The summed E-state index contributed by atoms with van der Waals surface area (Å²) in [6.45, 7) is 3.16. The molecule has 3 N–H and O–H groups in total. The molecule has 2 aromatic heterocycles. The summed E-state index contributed by atoms with van der Waals surface area (Å²) in [7, 11) is 0. The molecule has 0 unspecified atom stereocenters. The zero-order valence-electron chi connectivity index (χ0n) is 15.2. The molecule has 0 radical (unpaired) electrons. The van der Waals surface area contributed by atoms with Crippen molar-refractivity contribution in [2.45, 2.75) is 19.4 Å². The maximum Gasteiger partial charge on any atom is 0.162 e. The Balaban J connectivity index is 1.74. The van der Waals surface area contributed by atoms with Gasteiger partial charge in [0.05, 0.1) is 5.69 Å². The van der Waals surface area contributed by atoms with Gasteiger partial charge in [0.2, 0.25) is 0 Å². The SMILES string of the molecule is CC(C)(O)c1nnc(-c2cc(F)c3[nH]nc(/C=C/c4ccc(F)cc4)c3c2)[nH]1. The van der Waals surface area contributed by atoms with Crippen LogP contribution in [0.25, 0.3) is 34.4 Å². The molecule has 0 bridgehead atoms. The van der Waals surface area contributed by atoms with Crippen LogP contribution < -0.4 is 0 Å². The minimum atomic E-state index is -1.19. The minimum Gasteiger partial charge on any atom is -0.382 e. The highest BCUT2D eigenvalue weighted by Gasteiger charge is 2.22. The molecular formula is C20H17F2N5O. The van der Waals surface area contributed by atoms with Crippen molar-refractivity contribution in [1.29, 1.82) is 0 Å². The standard InChI is InChI=1S/C20H17F2N5O/c1-20(2,28)19-23-18(26-27-19)12-9-14-16(24-25-17(14)15(22)10-12)8-5-11-3-6-13(21)7-4-11/h3-10,28H,1-2H3,(H,24,25)(H,23,26,27)/b8-5+. The molecule has 4 aromatic rings. The molecule has 28 heavy (non-hydrogen) atoms. The van der Waals surface area contributed by atoms with Crippen LogP contribution in [-0.4, -0.2) is 30.5 Å². The molecule has 0 aliphatic heterocycles. The molecule has 0 aliphatic rings. The monoisotopic (exact) mass is 381 g/mol. The van der Waals surface area contributed by atoms with E-state index in [2.05, 4.69) is 25.4 Å². The van der Waals surface area contributed by atoms with Crippen LogP contribution in [0.4, 0.5) is 8.78 Å². The van der Waals surface area contributed by atoms with Crippen molar-refractivity contribution in [2.24, 2.45) is 0 Å². The van der Waals surface area contributed by atoms with E-state index in [4.69, 9.17) is 0 Å². The van der Waals surface area contributed by atoms with Crippen molar-refractivity contribution in [1.82, 2.24) is 25.4 Å². The quantitative estimate of drug-likeness (QED) is 0.498. The fourth-order valence-electron chi connectivity index (χ4n) is 2.78. The first-order chi connectivity index (χ1) is 13.3. The Kier molecular flexibility index (Phi) is 4.27. The van der Waals surface area contributed by atoms with Gasteiger partial charge in [-0.3, -0.25) is 5.10 Å². The summed E-state index contributed by atoms with van der Waals surface area (Å²) in [6, 6.07) is 9.07. The number of rotatable bonds is 4. The fraction of sp³-hybridized carbons (Fsp3) is 0.150. The molecule has 6 nitrogen and oxygen atoms in total. The van der Waals surface area contributed by atoms with Crippen LogP contribution in [0.3, 0.4) is 0 Å². The second kappa shape index (κ2) is 6.65. The molecule has 0 aliphatic carbocycles. The predicted octanol–water partition coefficient (Wildman–Crippen LogP) is 4.02. The Bertz CT molecular complexity index is 1170. The van der Waals surface area contributed by atoms with Crippen LogP contribution >= 0.6 is 0 Å². The Labute approximate surface area is 159 Å². The minimum absolute atomic E-state index is 0.268. The first-order valence-corrected chi connectivity index (χ1v) is 8.58. The summed E-state index contributed by atoms with van der Waals surface area (Å²) in [5.74, 6) is -0.173. The Morgan fingerprint density at radius 3 is 2.46 bits per heavy atom. The lowest BCUT2D eigenvalue weighted by Crippen LogP contribution is -2.17. The number of aliphatic hydroxyl groups is 1. The molecular weight excluding hydrogens is 364 g/mol. The van der Waals surface area contributed by atoms with E-state index in [-0.39, 0.29) is 17.2 Å². The molecule has 0 saturated carbocycles. The van der Waals surface area contributed by atoms with Crippen LogP contribution in [-0.2, 0) is 5.60 Å². The van der Waals surface area contributed by atoms with Crippen LogP contribution in [0.1, 0.15) is 30.9 Å². The third kappa shape index (κ3) is 3.41. The average molecular weight is 381 g/mol. The number of aromatic nitrogens is 5. The summed E-state index contributed by atoms with van der Waals surface area (Å²) in [5.41, 5.74) is 0.879. The summed E-state index contributed by atoms with van der Waals surface area (Å²) in [4.78, 5) is 2.91. The largest absolute Gasteiger partial charge is 0.382 e. The van der Waals surface area contributed by atoms with Gasteiger partial charge in [-0.25, -0.2) is 8.78 Å². The van der Waals surface area contributed by atoms with Gasteiger partial charge in [0.1, 0.15) is 22.8 Å². The normalized spacial score (nSPS) is 12.3. The lowest BCUT2D eigenvalue weighted by atomic mass is 10.1. The highest BCUT2D eigenvalue weighted by atomic mass is 19.1. The number of aromatic amines is 2. The van der Waals surface area contributed by atoms with Gasteiger partial charge in [0.25, 0.3) is 0 Å². The molecule has 0 fully saturated rings. The van der Waals surface area contributed by atoms with Crippen molar-refractivity contribution in [2.75, 3.05) is 0 Å². The molecule has 0 atom stereocenters. The molecule has 8 heteroatoms. The molecule has 2 aromatic carbocycles. The molecule has 142 valence electrons. The zero-order valence-corrected chi connectivity index (χ0v) is 15.2. The molecule has 4 rings (SSSR count). The van der Waals surface area contributed by atoms with E-state index in [1.165, 1.54) is 18.2 Å². The number of fused-ring (bicyclic) bond motifs is 1. The Morgan fingerprint density at radius 2 is 1.79 bits per heavy atom. The summed E-state index contributed by atoms with van der Waals surface area (Å²) < 4.78 is 27.6. The number of hydrogen-bond acceptors (Lipinski definition) is 4. The van der Waals surface area contributed by atoms with Gasteiger partial charge in [-0.05, 0) is 49.8 Å². The van der Waals surface area contributed by atoms with Gasteiger partial charge < -0.3 is 10.1 Å². The van der Waals surface area contributed by atoms with Crippen LogP contribution in [0.5, 0.6) is 0 Å². The molecule has 0 amide bonds. The van der Waals surface area contributed by atoms with Gasteiger partial charge in [0, 0.05) is 10.9 Å². The number of nitrogens with zero attached hydrogens (tertiary/aromatic N) is 3. The number of hydrogen-bond donors (Lipinski definition) is 3. The van der Waals surface area contributed by atoms with Crippen LogP contribution in [0.15, 0.2) is 36.4 Å². The molecule has 2 heterocycles. The summed E-state index contributed by atoms with van der Waals surface area (Å²) in [6.07, 6.45) is 3.48.